The molecule has 0 atom stereocenters. The summed E-state index contributed by atoms with van der Waals surface area (Å²) in [4.78, 5) is 32.4. The van der Waals surface area contributed by atoms with Crippen molar-refractivity contribution < 1.29 is 9.59 Å². The van der Waals surface area contributed by atoms with Gasteiger partial charge in [-0.15, -0.1) is 10.2 Å². The lowest BCUT2D eigenvalue weighted by Gasteiger charge is -2.35. The van der Waals surface area contributed by atoms with E-state index < -0.39 is 0 Å². The second-order valence-electron chi connectivity index (χ2n) is 7.53. The van der Waals surface area contributed by atoms with Gasteiger partial charge in [0.2, 0.25) is 0 Å². The van der Waals surface area contributed by atoms with Crippen LogP contribution in [0.15, 0.2) is 54.7 Å². The zero-order chi connectivity index (χ0) is 21.8. The van der Waals surface area contributed by atoms with Crippen LogP contribution in [0.2, 0.25) is 0 Å². The Labute approximate surface area is 180 Å². The van der Waals surface area contributed by atoms with Gasteiger partial charge in [-0.2, -0.15) is 0 Å². The van der Waals surface area contributed by atoms with Crippen LogP contribution < -0.4 is 10.2 Å². The lowest BCUT2D eigenvalue weighted by molar-refractivity contribution is 0.0746. The topological polar surface area (TPSA) is 91.3 Å². The maximum Gasteiger partial charge on any atom is 0.253 e. The molecule has 1 fully saturated rings. The molecule has 0 spiro atoms. The highest BCUT2D eigenvalue weighted by atomic mass is 16.2. The maximum atomic E-state index is 12.7. The molecular formula is C23H24N6O2. The number of carbonyl (C=O) groups is 2. The smallest absolute Gasteiger partial charge is 0.253 e. The van der Waals surface area contributed by atoms with Crippen molar-refractivity contribution in [1.82, 2.24) is 20.1 Å². The van der Waals surface area contributed by atoms with Gasteiger partial charge in [0.25, 0.3) is 5.91 Å². The third-order valence-electron chi connectivity index (χ3n) is 5.25. The van der Waals surface area contributed by atoms with Crippen molar-refractivity contribution in [2.45, 2.75) is 13.8 Å². The van der Waals surface area contributed by atoms with Crippen LogP contribution in [0.1, 0.15) is 33.2 Å². The van der Waals surface area contributed by atoms with Crippen LogP contribution in [0, 0.1) is 6.92 Å². The van der Waals surface area contributed by atoms with Crippen LogP contribution >= 0.6 is 0 Å². The number of ketones is 1. The van der Waals surface area contributed by atoms with E-state index in [9.17, 15) is 9.59 Å². The maximum absolute atomic E-state index is 12.7. The van der Waals surface area contributed by atoms with E-state index in [4.69, 9.17) is 0 Å². The van der Waals surface area contributed by atoms with Crippen LogP contribution in [-0.2, 0) is 0 Å². The number of carbonyl (C=O) groups excluding carboxylic acids is 2. The van der Waals surface area contributed by atoms with Gasteiger partial charge in [-0.05, 0) is 55.8 Å². The standard InChI is InChI=1S/C23H24N6O2/c1-16-9-10-24-21(15-16)25-20-7-8-22(27-26-20)28-11-13-29(14-12-28)23(31)19-5-3-18(4-6-19)17(2)30/h3-10,15H,11-14H2,1-2H3,(H,24,25,26). The van der Waals surface area contributed by atoms with E-state index >= 15 is 0 Å². The second-order valence-corrected chi connectivity index (χ2v) is 7.53. The van der Waals surface area contributed by atoms with Gasteiger partial charge in [-0.1, -0.05) is 12.1 Å². The van der Waals surface area contributed by atoms with E-state index in [2.05, 4.69) is 25.4 Å². The largest absolute Gasteiger partial charge is 0.352 e. The van der Waals surface area contributed by atoms with Crippen LogP contribution in [-0.4, -0.2) is 58.0 Å². The predicted molar refractivity (Wildman–Crippen MR) is 119 cm³/mol. The van der Waals surface area contributed by atoms with E-state index in [1.54, 1.807) is 30.5 Å². The minimum absolute atomic E-state index is 0.00918. The van der Waals surface area contributed by atoms with Crippen molar-refractivity contribution in [1.29, 1.82) is 0 Å². The van der Waals surface area contributed by atoms with Gasteiger partial charge in [0.15, 0.2) is 17.4 Å². The average molecular weight is 416 g/mol. The van der Waals surface area contributed by atoms with E-state index in [0.717, 1.165) is 17.2 Å². The van der Waals surface area contributed by atoms with E-state index in [1.807, 2.05) is 36.1 Å². The van der Waals surface area contributed by atoms with Gasteiger partial charge in [0, 0.05) is 43.5 Å². The average Bonchev–Trinajstić information content (AvgIpc) is 2.79. The number of hydrogen-bond donors (Lipinski definition) is 1. The van der Waals surface area contributed by atoms with Gasteiger partial charge < -0.3 is 15.1 Å². The Balaban J connectivity index is 1.34. The number of aryl methyl sites for hydroxylation is 1. The van der Waals surface area contributed by atoms with Gasteiger partial charge in [0.1, 0.15) is 5.82 Å². The first-order valence-electron chi connectivity index (χ1n) is 10.2. The van der Waals surface area contributed by atoms with Gasteiger partial charge in [-0.3, -0.25) is 9.59 Å². The number of benzene rings is 1. The number of nitrogens with one attached hydrogen (secondary N) is 1. The first-order valence-corrected chi connectivity index (χ1v) is 10.2. The molecule has 4 rings (SSSR count). The molecule has 1 aliphatic heterocycles. The van der Waals surface area contributed by atoms with Gasteiger partial charge in [0.05, 0.1) is 0 Å². The van der Waals surface area contributed by atoms with Crippen molar-refractivity contribution in [3.8, 4) is 0 Å². The van der Waals surface area contributed by atoms with Gasteiger partial charge in [-0.25, -0.2) is 4.98 Å². The molecule has 0 bridgehead atoms. The molecular weight excluding hydrogens is 392 g/mol. The number of pyridine rings is 1. The zero-order valence-electron chi connectivity index (χ0n) is 17.6. The Bertz CT molecular complexity index is 1070. The fraction of sp³-hybridized carbons (Fsp3) is 0.261. The van der Waals surface area contributed by atoms with Crippen molar-refractivity contribution >= 4 is 29.1 Å². The summed E-state index contributed by atoms with van der Waals surface area (Å²) in [6.45, 7) is 6.08. The van der Waals surface area contributed by atoms with Crippen molar-refractivity contribution in [2.75, 3.05) is 36.4 Å². The molecule has 3 aromatic rings. The number of rotatable bonds is 5. The summed E-state index contributed by atoms with van der Waals surface area (Å²) < 4.78 is 0. The number of amides is 1. The monoisotopic (exact) mass is 416 g/mol. The predicted octanol–water partition coefficient (Wildman–Crippen LogP) is 3.09. The van der Waals surface area contributed by atoms with Crippen LogP contribution in [0.3, 0.4) is 0 Å². The Kier molecular flexibility index (Phi) is 5.88. The van der Waals surface area contributed by atoms with Crippen molar-refractivity contribution in [2.24, 2.45) is 0 Å². The molecule has 158 valence electrons. The summed E-state index contributed by atoms with van der Waals surface area (Å²) in [5.74, 6) is 2.10. The van der Waals surface area contributed by atoms with Gasteiger partial charge >= 0.3 is 0 Å². The fourth-order valence-electron chi connectivity index (χ4n) is 3.47. The number of aromatic nitrogens is 3. The Morgan fingerprint density at radius 3 is 2.19 bits per heavy atom. The van der Waals surface area contributed by atoms with Crippen LogP contribution in [0.25, 0.3) is 0 Å². The molecule has 2 aromatic heterocycles. The number of hydrogen-bond acceptors (Lipinski definition) is 7. The molecule has 1 N–H and O–H groups in total. The summed E-state index contributed by atoms with van der Waals surface area (Å²) in [7, 11) is 0. The van der Waals surface area contributed by atoms with E-state index in [1.165, 1.54) is 6.92 Å². The minimum Gasteiger partial charge on any atom is -0.352 e. The summed E-state index contributed by atoms with van der Waals surface area (Å²) in [5.41, 5.74) is 2.32. The second kappa shape index (κ2) is 8.91. The Morgan fingerprint density at radius 1 is 0.871 bits per heavy atom. The molecule has 8 heteroatoms. The molecule has 1 aromatic carbocycles. The molecule has 1 amide bonds. The number of Topliss-reactive ketones (excluding diaryl/α,β-unsaturated/α-hetero) is 1. The highest BCUT2D eigenvalue weighted by Crippen LogP contribution is 2.18. The summed E-state index contributed by atoms with van der Waals surface area (Å²) >= 11 is 0. The molecule has 3 heterocycles. The van der Waals surface area contributed by atoms with E-state index in [-0.39, 0.29) is 11.7 Å². The third-order valence-corrected chi connectivity index (χ3v) is 5.25. The molecule has 0 saturated carbocycles. The highest BCUT2D eigenvalue weighted by molar-refractivity contribution is 5.97. The molecule has 1 aliphatic rings. The quantitative estimate of drug-likeness (QED) is 0.639. The van der Waals surface area contributed by atoms with E-state index in [0.29, 0.717) is 43.1 Å². The Morgan fingerprint density at radius 2 is 1.58 bits per heavy atom. The zero-order valence-corrected chi connectivity index (χ0v) is 17.6. The lowest BCUT2D eigenvalue weighted by Crippen LogP contribution is -2.49. The number of piperazine rings is 1. The molecule has 1 saturated heterocycles. The molecule has 0 aliphatic carbocycles. The SMILES string of the molecule is CC(=O)c1ccc(C(=O)N2CCN(c3ccc(Nc4cc(C)ccn4)nn3)CC2)cc1. The van der Waals surface area contributed by atoms with Crippen LogP contribution in [0.5, 0.6) is 0 Å². The first-order chi connectivity index (χ1) is 15.0. The molecule has 0 radical (unpaired) electrons. The van der Waals surface area contributed by atoms with Crippen molar-refractivity contribution in [3.05, 3.63) is 71.4 Å². The molecule has 8 nitrogen and oxygen atoms in total. The summed E-state index contributed by atoms with van der Waals surface area (Å²) in [6, 6.07) is 14.5. The summed E-state index contributed by atoms with van der Waals surface area (Å²) in [6.07, 6.45) is 1.75. The van der Waals surface area contributed by atoms with Crippen LogP contribution in [0.4, 0.5) is 17.5 Å². The Hall–Kier alpha value is -3.81. The van der Waals surface area contributed by atoms with Crippen molar-refractivity contribution in [3.63, 3.8) is 0 Å². The highest BCUT2D eigenvalue weighted by Gasteiger charge is 2.23. The normalized spacial score (nSPS) is 13.7. The first kappa shape index (κ1) is 20.5. The summed E-state index contributed by atoms with van der Waals surface area (Å²) in [5, 5.41) is 11.7. The minimum atomic E-state index is -0.0222. The fourth-order valence-corrected chi connectivity index (χ4v) is 3.47. The number of nitrogens with zero attached hydrogens (tertiary/aromatic N) is 5. The molecule has 31 heavy (non-hydrogen) atoms. The third kappa shape index (κ3) is 4.85. The molecule has 0 unspecified atom stereocenters. The lowest BCUT2D eigenvalue weighted by atomic mass is 10.1. The number of anilines is 3.